The van der Waals surface area contributed by atoms with Crippen LogP contribution in [-0.4, -0.2) is 23.2 Å². The van der Waals surface area contributed by atoms with Crippen molar-refractivity contribution in [1.82, 2.24) is 15.5 Å². The Morgan fingerprint density at radius 1 is 1.24 bits per heavy atom. The third-order valence-electron chi connectivity index (χ3n) is 4.12. The van der Waals surface area contributed by atoms with Crippen LogP contribution in [0.5, 0.6) is 0 Å². The fourth-order valence-corrected chi connectivity index (χ4v) is 2.70. The molecule has 1 aromatic rings. The summed E-state index contributed by atoms with van der Waals surface area (Å²) in [5, 5.41) is 7.55. The van der Waals surface area contributed by atoms with Crippen LogP contribution in [-0.2, 0) is 6.42 Å². The number of nitrogens with one attached hydrogen (secondary N) is 1. The molecule has 1 atom stereocenters. The maximum absolute atomic E-state index is 5.33. The molecule has 4 heteroatoms. The van der Waals surface area contributed by atoms with Gasteiger partial charge in [-0.1, -0.05) is 11.6 Å². The molecule has 1 N–H and O–H groups in total. The van der Waals surface area contributed by atoms with Gasteiger partial charge in [0.05, 0.1) is 0 Å². The summed E-state index contributed by atoms with van der Waals surface area (Å²) < 4.78 is 5.33. The number of hydrogen-bond acceptors (Lipinski definition) is 4. The molecule has 2 heterocycles. The predicted octanol–water partition coefficient (Wildman–Crippen LogP) is 2.27. The molecular weight excluding hydrogens is 214 g/mol. The van der Waals surface area contributed by atoms with Crippen molar-refractivity contribution in [2.24, 2.45) is 5.92 Å². The van der Waals surface area contributed by atoms with E-state index in [0.717, 1.165) is 30.6 Å². The van der Waals surface area contributed by atoms with Gasteiger partial charge in [-0.3, -0.25) is 0 Å². The van der Waals surface area contributed by atoms with Crippen LogP contribution in [0.4, 0.5) is 0 Å². The smallest absolute Gasteiger partial charge is 0.226 e. The van der Waals surface area contributed by atoms with Gasteiger partial charge in [0.2, 0.25) is 5.89 Å². The molecule has 0 aromatic carbocycles. The zero-order valence-electron chi connectivity index (χ0n) is 10.3. The van der Waals surface area contributed by atoms with Crippen molar-refractivity contribution in [2.45, 2.75) is 50.9 Å². The van der Waals surface area contributed by atoms with E-state index in [9.17, 15) is 0 Å². The Kier molecular flexibility index (Phi) is 3.41. The predicted molar refractivity (Wildman–Crippen MR) is 64.8 cm³/mol. The van der Waals surface area contributed by atoms with E-state index in [1.165, 1.54) is 45.1 Å². The lowest BCUT2D eigenvalue weighted by Gasteiger charge is -2.22. The lowest BCUT2D eigenvalue weighted by atomic mass is 9.85. The SMILES string of the molecule is C1CNCC(CCc2nc(C3CCC3)no2)C1. The highest BCUT2D eigenvalue weighted by Crippen LogP contribution is 2.34. The van der Waals surface area contributed by atoms with Crippen LogP contribution in [0.1, 0.15) is 56.2 Å². The van der Waals surface area contributed by atoms with E-state index >= 15 is 0 Å². The molecule has 1 aromatic heterocycles. The Bertz CT molecular complexity index is 353. The van der Waals surface area contributed by atoms with E-state index in [0.29, 0.717) is 5.92 Å². The van der Waals surface area contributed by atoms with E-state index in [1.807, 2.05) is 0 Å². The van der Waals surface area contributed by atoms with Crippen LogP contribution >= 0.6 is 0 Å². The largest absolute Gasteiger partial charge is 0.339 e. The fourth-order valence-electron chi connectivity index (χ4n) is 2.70. The molecule has 3 rings (SSSR count). The van der Waals surface area contributed by atoms with Gasteiger partial charge in [0.25, 0.3) is 0 Å². The quantitative estimate of drug-likeness (QED) is 0.869. The van der Waals surface area contributed by atoms with E-state index in [-0.39, 0.29) is 0 Å². The standard InChI is InChI=1S/C13H21N3O/c1-4-11(5-1)13-15-12(17-16-13)7-6-10-3-2-8-14-9-10/h10-11,14H,1-9H2. The van der Waals surface area contributed by atoms with Gasteiger partial charge >= 0.3 is 0 Å². The van der Waals surface area contributed by atoms with E-state index in [4.69, 9.17) is 4.52 Å². The third kappa shape index (κ3) is 2.68. The van der Waals surface area contributed by atoms with Crippen molar-refractivity contribution in [3.05, 3.63) is 11.7 Å². The van der Waals surface area contributed by atoms with Crippen LogP contribution in [0.3, 0.4) is 0 Å². The first-order valence-corrected chi connectivity index (χ1v) is 6.95. The highest BCUT2D eigenvalue weighted by Gasteiger charge is 2.24. The molecule has 94 valence electrons. The van der Waals surface area contributed by atoms with Gasteiger partial charge in [0.1, 0.15) is 0 Å². The van der Waals surface area contributed by atoms with Gasteiger partial charge in [0, 0.05) is 12.3 Å². The molecule has 2 fully saturated rings. The summed E-state index contributed by atoms with van der Waals surface area (Å²) in [6.07, 6.45) is 8.59. The van der Waals surface area contributed by atoms with Crippen LogP contribution < -0.4 is 5.32 Å². The van der Waals surface area contributed by atoms with Crippen LogP contribution in [0.15, 0.2) is 4.52 Å². The summed E-state index contributed by atoms with van der Waals surface area (Å²) in [6.45, 7) is 2.34. The monoisotopic (exact) mass is 235 g/mol. The number of aromatic nitrogens is 2. The van der Waals surface area contributed by atoms with Crippen LogP contribution in [0.25, 0.3) is 0 Å². The molecule has 1 aliphatic carbocycles. The normalized spacial score (nSPS) is 25.8. The van der Waals surface area contributed by atoms with Crippen LogP contribution in [0, 0.1) is 5.92 Å². The van der Waals surface area contributed by atoms with Crippen molar-refractivity contribution in [3.8, 4) is 0 Å². The number of piperidine rings is 1. The first-order chi connectivity index (χ1) is 8.42. The first-order valence-electron chi connectivity index (χ1n) is 6.95. The molecule has 1 unspecified atom stereocenters. The molecule has 17 heavy (non-hydrogen) atoms. The minimum atomic E-state index is 0.587. The zero-order chi connectivity index (χ0) is 11.5. The molecule has 0 radical (unpaired) electrons. The molecule has 1 saturated carbocycles. The van der Waals surface area contributed by atoms with Gasteiger partial charge < -0.3 is 9.84 Å². The van der Waals surface area contributed by atoms with Gasteiger partial charge in [-0.15, -0.1) is 0 Å². The fraction of sp³-hybridized carbons (Fsp3) is 0.846. The second-order valence-corrected chi connectivity index (χ2v) is 5.43. The molecule has 1 aliphatic heterocycles. The van der Waals surface area contributed by atoms with Gasteiger partial charge in [-0.05, 0) is 51.1 Å². The number of rotatable bonds is 4. The number of hydrogen-bond donors (Lipinski definition) is 1. The summed E-state index contributed by atoms with van der Waals surface area (Å²) in [5.41, 5.74) is 0. The Balaban J connectivity index is 1.48. The van der Waals surface area contributed by atoms with Gasteiger partial charge in [0.15, 0.2) is 5.82 Å². The summed E-state index contributed by atoms with van der Waals surface area (Å²) in [6, 6.07) is 0. The average Bonchev–Trinajstić information content (AvgIpc) is 2.74. The summed E-state index contributed by atoms with van der Waals surface area (Å²) in [4.78, 5) is 4.52. The second kappa shape index (κ2) is 5.17. The number of nitrogens with zero attached hydrogens (tertiary/aromatic N) is 2. The lowest BCUT2D eigenvalue weighted by molar-refractivity contribution is 0.320. The number of aryl methyl sites for hydroxylation is 1. The topological polar surface area (TPSA) is 51.0 Å². The van der Waals surface area contributed by atoms with Crippen molar-refractivity contribution >= 4 is 0 Å². The summed E-state index contributed by atoms with van der Waals surface area (Å²) in [7, 11) is 0. The molecule has 1 saturated heterocycles. The van der Waals surface area contributed by atoms with Crippen molar-refractivity contribution in [3.63, 3.8) is 0 Å². The average molecular weight is 235 g/mol. The van der Waals surface area contributed by atoms with Gasteiger partial charge in [-0.25, -0.2) is 0 Å². The molecule has 0 amide bonds. The van der Waals surface area contributed by atoms with Crippen molar-refractivity contribution in [2.75, 3.05) is 13.1 Å². The highest BCUT2D eigenvalue weighted by molar-refractivity contribution is 4.99. The third-order valence-corrected chi connectivity index (χ3v) is 4.12. The maximum Gasteiger partial charge on any atom is 0.226 e. The Morgan fingerprint density at radius 3 is 2.88 bits per heavy atom. The Hall–Kier alpha value is -0.900. The lowest BCUT2D eigenvalue weighted by Crippen LogP contribution is -2.29. The first kappa shape index (κ1) is 11.2. The summed E-state index contributed by atoms with van der Waals surface area (Å²) >= 11 is 0. The van der Waals surface area contributed by atoms with E-state index in [2.05, 4.69) is 15.5 Å². The minimum absolute atomic E-state index is 0.587. The Labute approximate surface area is 102 Å². The van der Waals surface area contributed by atoms with Crippen LogP contribution in [0.2, 0.25) is 0 Å². The zero-order valence-corrected chi connectivity index (χ0v) is 10.3. The molecular formula is C13H21N3O. The summed E-state index contributed by atoms with van der Waals surface area (Å²) in [5.74, 6) is 3.18. The van der Waals surface area contributed by atoms with E-state index in [1.54, 1.807) is 0 Å². The van der Waals surface area contributed by atoms with Crippen molar-refractivity contribution in [1.29, 1.82) is 0 Å². The highest BCUT2D eigenvalue weighted by atomic mass is 16.5. The molecule has 0 bridgehead atoms. The van der Waals surface area contributed by atoms with E-state index < -0.39 is 0 Å². The van der Waals surface area contributed by atoms with Crippen molar-refractivity contribution < 1.29 is 4.52 Å². The molecule has 4 nitrogen and oxygen atoms in total. The van der Waals surface area contributed by atoms with Gasteiger partial charge in [-0.2, -0.15) is 4.98 Å². The Morgan fingerprint density at radius 2 is 2.18 bits per heavy atom. The second-order valence-electron chi connectivity index (χ2n) is 5.43. The molecule has 2 aliphatic rings. The minimum Gasteiger partial charge on any atom is -0.339 e. The molecule has 0 spiro atoms. The maximum atomic E-state index is 5.33.